The van der Waals surface area contributed by atoms with Crippen LogP contribution in [0.1, 0.15) is 25.5 Å². The van der Waals surface area contributed by atoms with Gasteiger partial charge >= 0.3 is 11.9 Å². The SMILES string of the molecule is CCOC(=O)C(C(=O)OCC)c1ccc([N+](=O)[O-])c(-c2ccccc2)n1. The molecule has 0 aliphatic rings. The zero-order valence-corrected chi connectivity index (χ0v) is 14.4. The van der Waals surface area contributed by atoms with Gasteiger partial charge in [0.05, 0.1) is 23.8 Å². The number of carbonyl (C=O) groups is 2. The quantitative estimate of drug-likeness (QED) is 0.324. The molecule has 1 heterocycles. The van der Waals surface area contributed by atoms with Gasteiger partial charge in [0.15, 0.2) is 5.92 Å². The van der Waals surface area contributed by atoms with Crippen LogP contribution in [0.15, 0.2) is 42.5 Å². The number of pyridine rings is 1. The van der Waals surface area contributed by atoms with Gasteiger partial charge in [-0.3, -0.25) is 19.7 Å². The predicted octanol–water partition coefficient (Wildman–Crippen LogP) is 2.87. The molecule has 0 unspecified atom stereocenters. The molecule has 0 N–H and O–H groups in total. The van der Waals surface area contributed by atoms with Crippen LogP contribution in [0.4, 0.5) is 5.69 Å². The molecule has 1 aromatic carbocycles. The number of nitrogens with zero attached hydrogens (tertiary/aromatic N) is 2. The number of ether oxygens (including phenoxy) is 2. The number of rotatable bonds is 7. The van der Waals surface area contributed by atoms with Gasteiger partial charge in [-0.15, -0.1) is 0 Å². The third-order valence-electron chi connectivity index (χ3n) is 3.48. The summed E-state index contributed by atoms with van der Waals surface area (Å²) >= 11 is 0. The number of esters is 2. The first-order chi connectivity index (χ1) is 12.5. The molecule has 26 heavy (non-hydrogen) atoms. The molecule has 8 nitrogen and oxygen atoms in total. The number of aromatic nitrogens is 1. The summed E-state index contributed by atoms with van der Waals surface area (Å²) in [6, 6.07) is 11.0. The molecular weight excluding hydrogens is 340 g/mol. The smallest absolute Gasteiger partial charge is 0.326 e. The van der Waals surface area contributed by atoms with E-state index in [1.165, 1.54) is 12.1 Å². The number of hydrogen-bond acceptors (Lipinski definition) is 7. The Balaban J connectivity index is 2.58. The third-order valence-corrected chi connectivity index (χ3v) is 3.48. The molecule has 8 heteroatoms. The molecule has 0 saturated heterocycles. The third kappa shape index (κ3) is 4.21. The maximum absolute atomic E-state index is 12.2. The second kappa shape index (κ2) is 8.70. The van der Waals surface area contributed by atoms with Crippen LogP contribution < -0.4 is 0 Å². The molecule has 136 valence electrons. The van der Waals surface area contributed by atoms with Crippen molar-refractivity contribution in [1.29, 1.82) is 0 Å². The Labute approximate surface area is 149 Å². The molecule has 0 radical (unpaired) electrons. The summed E-state index contributed by atoms with van der Waals surface area (Å²) in [5, 5.41) is 11.3. The van der Waals surface area contributed by atoms with E-state index in [9.17, 15) is 19.7 Å². The van der Waals surface area contributed by atoms with Crippen LogP contribution in [-0.4, -0.2) is 35.1 Å². The zero-order valence-electron chi connectivity index (χ0n) is 14.4. The van der Waals surface area contributed by atoms with Crippen molar-refractivity contribution in [2.75, 3.05) is 13.2 Å². The van der Waals surface area contributed by atoms with Gasteiger partial charge in [0.2, 0.25) is 0 Å². The fourth-order valence-electron chi connectivity index (χ4n) is 2.37. The van der Waals surface area contributed by atoms with Crippen molar-refractivity contribution in [3.8, 4) is 11.3 Å². The van der Waals surface area contributed by atoms with E-state index in [1.807, 2.05) is 0 Å². The fraction of sp³-hybridized carbons (Fsp3) is 0.278. The highest BCUT2D eigenvalue weighted by molar-refractivity contribution is 6.00. The Bertz CT molecular complexity index is 789. The minimum absolute atomic E-state index is 0.0337. The zero-order chi connectivity index (χ0) is 19.1. The van der Waals surface area contributed by atoms with Crippen molar-refractivity contribution in [1.82, 2.24) is 4.98 Å². The van der Waals surface area contributed by atoms with Crippen LogP contribution in [0.3, 0.4) is 0 Å². The lowest BCUT2D eigenvalue weighted by molar-refractivity contribution is -0.384. The lowest BCUT2D eigenvalue weighted by atomic mass is 10.0. The summed E-state index contributed by atoms with van der Waals surface area (Å²) in [4.78, 5) is 39.5. The first kappa shape index (κ1) is 19.0. The molecule has 2 aromatic rings. The summed E-state index contributed by atoms with van der Waals surface area (Å²) < 4.78 is 9.87. The highest BCUT2D eigenvalue weighted by Crippen LogP contribution is 2.30. The molecule has 0 amide bonds. The Morgan fingerprint density at radius 2 is 1.62 bits per heavy atom. The van der Waals surface area contributed by atoms with E-state index < -0.39 is 22.8 Å². The molecule has 0 fully saturated rings. The molecule has 0 aliphatic carbocycles. The highest BCUT2D eigenvalue weighted by atomic mass is 16.6. The molecule has 0 atom stereocenters. The van der Waals surface area contributed by atoms with Crippen molar-refractivity contribution in [3.63, 3.8) is 0 Å². The van der Waals surface area contributed by atoms with Crippen LogP contribution in [0.25, 0.3) is 11.3 Å². The molecule has 0 saturated carbocycles. The maximum atomic E-state index is 12.2. The molecular formula is C18H18N2O6. The standard InChI is InChI=1S/C18H18N2O6/c1-3-25-17(21)15(18(22)26-4-2)13-10-11-14(20(23)24)16(19-13)12-8-6-5-7-9-12/h5-11,15H,3-4H2,1-2H3. The van der Waals surface area contributed by atoms with E-state index in [0.29, 0.717) is 5.56 Å². The largest absolute Gasteiger partial charge is 0.465 e. The average Bonchev–Trinajstić information content (AvgIpc) is 2.63. The van der Waals surface area contributed by atoms with Crippen molar-refractivity contribution < 1.29 is 24.0 Å². The minimum Gasteiger partial charge on any atom is -0.465 e. The van der Waals surface area contributed by atoms with E-state index in [-0.39, 0.29) is 30.3 Å². The summed E-state index contributed by atoms with van der Waals surface area (Å²) in [5.41, 5.74) is 0.358. The Morgan fingerprint density at radius 1 is 1.04 bits per heavy atom. The first-order valence-electron chi connectivity index (χ1n) is 8.03. The van der Waals surface area contributed by atoms with Gasteiger partial charge in [0.1, 0.15) is 5.69 Å². The van der Waals surface area contributed by atoms with Gasteiger partial charge in [0.25, 0.3) is 5.69 Å². The van der Waals surface area contributed by atoms with E-state index in [1.54, 1.807) is 44.2 Å². The van der Waals surface area contributed by atoms with Crippen LogP contribution in [0.5, 0.6) is 0 Å². The predicted molar refractivity (Wildman–Crippen MR) is 92.3 cm³/mol. The Morgan fingerprint density at radius 3 is 2.12 bits per heavy atom. The van der Waals surface area contributed by atoms with Crippen LogP contribution >= 0.6 is 0 Å². The normalized spacial score (nSPS) is 10.4. The average molecular weight is 358 g/mol. The lowest BCUT2D eigenvalue weighted by Gasteiger charge is -2.15. The second-order valence-electron chi connectivity index (χ2n) is 5.16. The summed E-state index contributed by atoms with van der Waals surface area (Å²) in [5.74, 6) is -3.03. The van der Waals surface area contributed by atoms with Gasteiger partial charge in [-0.2, -0.15) is 0 Å². The first-order valence-corrected chi connectivity index (χ1v) is 8.03. The topological polar surface area (TPSA) is 109 Å². The molecule has 0 bridgehead atoms. The van der Waals surface area contributed by atoms with Gasteiger partial charge in [0, 0.05) is 11.6 Å². The van der Waals surface area contributed by atoms with E-state index in [4.69, 9.17) is 9.47 Å². The van der Waals surface area contributed by atoms with Crippen LogP contribution in [-0.2, 0) is 19.1 Å². The van der Waals surface area contributed by atoms with E-state index in [0.717, 1.165) is 0 Å². The van der Waals surface area contributed by atoms with Gasteiger partial charge in [-0.05, 0) is 19.9 Å². The van der Waals surface area contributed by atoms with E-state index >= 15 is 0 Å². The molecule has 0 aliphatic heterocycles. The van der Waals surface area contributed by atoms with Gasteiger partial charge in [-0.25, -0.2) is 4.98 Å². The molecule has 2 rings (SSSR count). The number of carbonyl (C=O) groups excluding carboxylic acids is 2. The van der Waals surface area contributed by atoms with Gasteiger partial charge in [-0.1, -0.05) is 30.3 Å². The van der Waals surface area contributed by atoms with E-state index in [2.05, 4.69) is 4.98 Å². The number of benzene rings is 1. The summed E-state index contributed by atoms with van der Waals surface area (Å²) in [6.45, 7) is 3.37. The highest BCUT2D eigenvalue weighted by Gasteiger charge is 2.34. The van der Waals surface area contributed by atoms with Crippen molar-refractivity contribution in [2.24, 2.45) is 0 Å². The van der Waals surface area contributed by atoms with Crippen LogP contribution in [0, 0.1) is 10.1 Å². The van der Waals surface area contributed by atoms with Gasteiger partial charge < -0.3 is 9.47 Å². The van der Waals surface area contributed by atoms with Crippen molar-refractivity contribution in [3.05, 3.63) is 58.3 Å². The monoisotopic (exact) mass is 358 g/mol. The summed E-state index contributed by atoms with van der Waals surface area (Å²) in [6.07, 6.45) is 0. The number of hydrogen-bond donors (Lipinski definition) is 0. The number of nitro groups is 1. The van der Waals surface area contributed by atoms with Crippen molar-refractivity contribution >= 4 is 17.6 Å². The fourth-order valence-corrected chi connectivity index (χ4v) is 2.37. The minimum atomic E-state index is -1.40. The maximum Gasteiger partial charge on any atom is 0.326 e. The Hall–Kier alpha value is -3.29. The van der Waals surface area contributed by atoms with Crippen LogP contribution in [0.2, 0.25) is 0 Å². The summed E-state index contributed by atoms with van der Waals surface area (Å²) in [7, 11) is 0. The second-order valence-corrected chi connectivity index (χ2v) is 5.16. The molecule has 0 spiro atoms. The lowest BCUT2D eigenvalue weighted by Crippen LogP contribution is -2.27. The van der Waals surface area contributed by atoms with Crippen molar-refractivity contribution in [2.45, 2.75) is 19.8 Å². The Kier molecular flexibility index (Phi) is 6.37. The molecule has 1 aromatic heterocycles.